The summed E-state index contributed by atoms with van der Waals surface area (Å²) in [6, 6.07) is 3.21. The Bertz CT molecular complexity index is 351. The highest BCUT2D eigenvalue weighted by Crippen LogP contribution is 2.27. The van der Waals surface area contributed by atoms with Crippen molar-refractivity contribution in [2.45, 2.75) is 0 Å². The second kappa shape index (κ2) is 4.82. The molecular weight excluding hydrogens is 345 g/mol. The largest absolute Gasteiger partial charge is 0.293 e. The van der Waals surface area contributed by atoms with Crippen LogP contribution < -0.4 is 0 Å². The first kappa shape index (κ1) is 11.6. The molecule has 0 aromatic heterocycles. The van der Waals surface area contributed by atoms with Gasteiger partial charge in [-0.2, -0.15) is 0 Å². The highest BCUT2D eigenvalue weighted by molar-refractivity contribution is 14.1. The van der Waals surface area contributed by atoms with E-state index in [4.69, 9.17) is 34.8 Å². The summed E-state index contributed by atoms with van der Waals surface area (Å²) in [7, 11) is 0. The molecular formula is C8H4Cl3IO. The summed E-state index contributed by atoms with van der Waals surface area (Å²) in [5, 5.41) is 0.901. The normalized spacial score (nSPS) is 10.2. The quantitative estimate of drug-likeness (QED) is 0.341. The van der Waals surface area contributed by atoms with E-state index in [2.05, 4.69) is 0 Å². The minimum Gasteiger partial charge on any atom is -0.293 e. The van der Waals surface area contributed by atoms with Crippen LogP contribution in [0.15, 0.2) is 12.1 Å². The van der Waals surface area contributed by atoms with E-state index in [0.717, 1.165) is 3.57 Å². The number of halogens is 4. The molecule has 13 heavy (non-hydrogen) atoms. The van der Waals surface area contributed by atoms with Gasteiger partial charge in [0.15, 0.2) is 5.78 Å². The van der Waals surface area contributed by atoms with Gasteiger partial charge >= 0.3 is 0 Å². The third-order valence-corrected chi connectivity index (χ3v) is 3.45. The van der Waals surface area contributed by atoms with Gasteiger partial charge < -0.3 is 0 Å². The Kier molecular flexibility index (Phi) is 4.29. The molecule has 5 heteroatoms. The molecule has 0 spiro atoms. The summed E-state index contributed by atoms with van der Waals surface area (Å²) in [5.41, 5.74) is 0.383. The third-order valence-electron chi connectivity index (χ3n) is 1.41. The van der Waals surface area contributed by atoms with Gasteiger partial charge in [-0.05, 0) is 34.7 Å². The van der Waals surface area contributed by atoms with Crippen LogP contribution in [0.4, 0.5) is 0 Å². The predicted octanol–water partition coefficient (Wildman–Crippen LogP) is 4.02. The van der Waals surface area contributed by atoms with E-state index in [0.29, 0.717) is 15.6 Å². The standard InChI is InChI=1S/C8H4Cl3IO/c9-3-7(13)5-1-4(10)2-6(12)8(5)11/h1-2H,3H2. The second-order valence-corrected chi connectivity index (χ2v) is 4.55. The van der Waals surface area contributed by atoms with E-state index in [-0.39, 0.29) is 11.7 Å². The minimum absolute atomic E-state index is 0.0872. The molecule has 0 heterocycles. The van der Waals surface area contributed by atoms with Crippen LogP contribution in [-0.4, -0.2) is 11.7 Å². The minimum atomic E-state index is -0.216. The van der Waals surface area contributed by atoms with Crippen molar-refractivity contribution < 1.29 is 4.79 Å². The summed E-state index contributed by atoms with van der Waals surface area (Å²) in [6.45, 7) is 0. The fourth-order valence-electron chi connectivity index (χ4n) is 0.831. The third kappa shape index (κ3) is 2.72. The average molecular weight is 349 g/mol. The Morgan fingerprint density at radius 1 is 1.38 bits per heavy atom. The van der Waals surface area contributed by atoms with Crippen molar-refractivity contribution in [3.05, 3.63) is 31.3 Å². The lowest BCUT2D eigenvalue weighted by atomic mass is 10.1. The number of Topliss-reactive ketones (excluding diaryl/α,β-unsaturated/α-hetero) is 1. The van der Waals surface area contributed by atoms with Gasteiger partial charge in [0, 0.05) is 14.2 Å². The lowest BCUT2D eigenvalue weighted by molar-refractivity contribution is 0.102. The Labute approximate surface area is 104 Å². The molecule has 1 rings (SSSR count). The number of benzene rings is 1. The van der Waals surface area contributed by atoms with Crippen molar-refractivity contribution in [3.8, 4) is 0 Å². The van der Waals surface area contributed by atoms with E-state index in [9.17, 15) is 4.79 Å². The number of hydrogen-bond donors (Lipinski definition) is 0. The van der Waals surface area contributed by atoms with Gasteiger partial charge in [-0.25, -0.2) is 0 Å². The zero-order chi connectivity index (χ0) is 10.0. The van der Waals surface area contributed by atoms with Crippen LogP contribution in [0, 0.1) is 3.57 Å². The molecule has 0 atom stereocenters. The lowest BCUT2D eigenvalue weighted by Gasteiger charge is -2.03. The summed E-state index contributed by atoms with van der Waals surface area (Å²) < 4.78 is 0.750. The Hall–Kier alpha value is 0.490. The zero-order valence-corrected chi connectivity index (χ0v) is 10.7. The first-order valence-electron chi connectivity index (χ1n) is 3.30. The number of ketones is 1. The highest BCUT2D eigenvalue weighted by Gasteiger charge is 2.12. The van der Waals surface area contributed by atoms with Crippen molar-refractivity contribution in [2.24, 2.45) is 0 Å². The van der Waals surface area contributed by atoms with E-state index in [1.54, 1.807) is 6.07 Å². The topological polar surface area (TPSA) is 17.1 Å². The molecule has 0 bridgehead atoms. The maximum atomic E-state index is 11.3. The fourth-order valence-corrected chi connectivity index (χ4v) is 2.22. The van der Waals surface area contributed by atoms with Gasteiger partial charge in [-0.1, -0.05) is 23.2 Å². The van der Waals surface area contributed by atoms with Crippen LogP contribution in [-0.2, 0) is 0 Å². The van der Waals surface area contributed by atoms with Gasteiger partial charge in [0.05, 0.1) is 10.9 Å². The fraction of sp³-hybridized carbons (Fsp3) is 0.125. The Balaban J connectivity index is 3.28. The first-order valence-corrected chi connectivity index (χ1v) is 5.67. The van der Waals surface area contributed by atoms with E-state index >= 15 is 0 Å². The molecule has 0 aliphatic rings. The monoisotopic (exact) mass is 348 g/mol. The molecule has 0 radical (unpaired) electrons. The maximum absolute atomic E-state index is 11.3. The van der Waals surface area contributed by atoms with E-state index in [1.165, 1.54) is 6.07 Å². The highest BCUT2D eigenvalue weighted by atomic mass is 127. The van der Waals surface area contributed by atoms with E-state index in [1.807, 2.05) is 22.6 Å². The average Bonchev–Trinajstić information content (AvgIpc) is 2.10. The van der Waals surface area contributed by atoms with Gasteiger partial charge in [0.2, 0.25) is 0 Å². The van der Waals surface area contributed by atoms with Crippen molar-refractivity contribution in [1.29, 1.82) is 0 Å². The number of alkyl halides is 1. The van der Waals surface area contributed by atoms with E-state index < -0.39 is 0 Å². The molecule has 0 N–H and O–H groups in total. The first-order chi connectivity index (χ1) is 6.06. The summed E-state index contributed by atoms with van der Waals surface area (Å²) in [5.74, 6) is -0.303. The van der Waals surface area contributed by atoms with Crippen LogP contribution >= 0.6 is 57.4 Å². The predicted molar refractivity (Wildman–Crippen MR) is 64.2 cm³/mol. The van der Waals surface area contributed by atoms with Gasteiger partial charge in [0.1, 0.15) is 0 Å². The smallest absolute Gasteiger partial charge is 0.179 e. The van der Waals surface area contributed by atoms with Crippen LogP contribution in [0.3, 0.4) is 0 Å². The Morgan fingerprint density at radius 2 is 2.00 bits per heavy atom. The van der Waals surface area contributed by atoms with Crippen molar-refractivity contribution in [3.63, 3.8) is 0 Å². The van der Waals surface area contributed by atoms with Gasteiger partial charge in [-0.15, -0.1) is 11.6 Å². The number of hydrogen-bond acceptors (Lipinski definition) is 1. The van der Waals surface area contributed by atoms with Crippen LogP contribution in [0.5, 0.6) is 0 Å². The molecule has 0 saturated carbocycles. The lowest BCUT2D eigenvalue weighted by Crippen LogP contribution is -2.02. The number of carbonyl (C=O) groups is 1. The molecule has 1 nitrogen and oxygen atoms in total. The molecule has 0 aliphatic heterocycles. The Morgan fingerprint density at radius 3 is 2.54 bits per heavy atom. The molecule has 0 fully saturated rings. The second-order valence-electron chi connectivity index (χ2n) is 2.31. The molecule has 0 unspecified atom stereocenters. The van der Waals surface area contributed by atoms with Crippen LogP contribution in [0.1, 0.15) is 10.4 Å². The number of rotatable bonds is 2. The van der Waals surface area contributed by atoms with Crippen molar-refractivity contribution >= 4 is 63.2 Å². The van der Waals surface area contributed by atoms with Crippen molar-refractivity contribution in [1.82, 2.24) is 0 Å². The molecule has 0 amide bonds. The van der Waals surface area contributed by atoms with Gasteiger partial charge in [0.25, 0.3) is 0 Å². The SMILES string of the molecule is O=C(CCl)c1cc(Cl)cc(I)c1Cl. The summed E-state index contributed by atoms with van der Waals surface area (Å²) in [4.78, 5) is 11.3. The zero-order valence-electron chi connectivity index (χ0n) is 6.28. The van der Waals surface area contributed by atoms with Crippen LogP contribution in [0.25, 0.3) is 0 Å². The molecule has 1 aromatic rings. The van der Waals surface area contributed by atoms with Crippen molar-refractivity contribution in [2.75, 3.05) is 5.88 Å². The molecule has 1 aromatic carbocycles. The molecule has 0 saturated heterocycles. The molecule has 0 aliphatic carbocycles. The molecule has 70 valence electrons. The summed E-state index contributed by atoms with van der Waals surface area (Å²) >= 11 is 19.1. The maximum Gasteiger partial charge on any atom is 0.179 e. The summed E-state index contributed by atoms with van der Waals surface area (Å²) in [6.07, 6.45) is 0. The van der Waals surface area contributed by atoms with Gasteiger partial charge in [-0.3, -0.25) is 4.79 Å². The number of carbonyl (C=O) groups excluding carboxylic acids is 1. The van der Waals surface area contributed by atoms with Crippen LogP contribution in [0.2, 0.25) is 10.0 Å².